The summed E-state index contributed by atoms with van der Waals surface area (Å²) in [5.41, 5.74) is 1.83. The molecule has 1 fully saturated rings. The average Bonchev–Trinajstić information content (AvgIpc) is 4.04. The van der Waals surface area contributed by atoms with Gasteiger partial charge in [0.15, 0.2) is 15.6 Å². The van der Waals surface area contributed by atoms with Crippen molar-refractivity contribution in [2.24, 2.45) is 0 Å². The molecule has 2 aliphatic rings. The molecule has 21 heteroatoms. The average molecular weight is 1100 g/mol. The fourth-order valence-electron chi connectivity index (χ4n) is 8.32. The normalized spacial score (nSPS) is 16.4. The zero-order valence-electron chi connectivity index (χ0n) is 39.2. The predicted molar refractivity (Wildman–Crippen MR) is 267 cm³/mol. The first-order valence-electron chi connectivity index (χ1n) is 22.1. The van der Waals surface area contributed by atoms with E-state index in [-0.39, 0.29) is 71.5 Å². The Hall–Kier alpha value is -6.11. The van der Waals surface area contributed by atoms with Crippen molar-refractivity contribution in [2.45, 2.75) is 74.3 Å². The van der Waals surface area contributed by atoms with Gasteiger partial charge >= 0.3 is 6.09 Å². The molecular weight excluding hydrogens is 1050 g/mol. The molecule has 70 heavy (non-hydrogen) atoms. The molecule has 1 aromatic heterocycles. The van der Waals surface area contributed by atoms with Crippen LogP contribution in [0.5, 0.6) is 17.2 Å². The molecular formula is C49H51IN8O10S2. The third-order valence-electron chi connectivity index (χ3n) is 11.7. The van der Waals surface area contributed by atoms with Gasteiger partial charge in [-0.1, -0.05) is 48.5 Å². The van der Waals surface area contributed by atoms with Gasteiger partial charge in [0.2, 0.25) is 10.0 Å². The Labute approximate surface area is 422 Å². The third-order valence-corrected chi connectivity index (χ3v) is 15.9. The van der Waals surface area contributed by atoms with Crippen LogP contribution in [0.3, 0.4) is 0 Å². The summed E-state index contributed by atoms with van der Waals surface area (Å²) in [6, 6.07) is 29.5. The molecule has 0 bridgehead atoms. The minimum Gasteiger partial charge on any atom is -0.593 e. The van der Waals surface area contributed by atoms with Crippen molar-refractivity contribution in [1.29, 1.82) is 0 Å². The van der Waals surface area contributed by atoms with E-state index in [1.807, 2.05) is 34.7 Å². The molecule has 3 heterocycles. The number of tetrazole rings is 1. The Bertz CT molecular complexity index is 2900. The van der Waals surface area contributed by atoms with Gasteiger partial charge in [0.05, 0.1) is 68.0 Å². The van der Waals surface area contributed by atoms with Crippen LogP contribution in [0.1, 0.15) is 64.6 Å². The Morgan fingerprint density at radius 2 is 1.34 bits per heavy atom. The fourth-order valence-corrected chi connectivity index (χ4v) is 12.5. The number of methoxy groups -OCH3 is 3. The first kappa shape index (κ1) is 50.3. The molecule has 5 aromatic carbocycles. The van der Waals surface area contributed by atoms with Crippen LogP contribution in [0.15, 0.2) is 119 Å². The van der Waals surface area contributed by atoms with Crippen LogP contribution >= 0.6 is 22.6 Å². The van der Waals surface area contributed by atoms with Crippen LogP contribution in [-0.4, -0.2) is 117 Å². The Morgan fingerprint density at radius 3 is 1.86 bits per heavy atom. The number of amides is 3. The highest BCUT2D eigenvalue weighted by atomic mass is 127. The molecule has 3 atom stereocenters. The minimum absolute atomic E-state index is 0.0467. The summed E-state index contributed by atoms with van der Waals surface area (Å²) in [7, 11) is -0.0317. The maximum Gasteiger partial charge on any atom is 0.410 e. The largest absolute Gasteiger partial charge is 0.593 e. The van der Waals surface area contributed by atoms with E-state index >= 15 is 13.0 Å². The van der Waals surface area contributed by atoms with Crippen molar-refractivity contribution in [3.05, 3.63) is 141 Å². The quantitative estimate of drug-likeness (QED) is 0.0573. The van der Waals surface area contributed by atoms with Crippen molar-refractivity contribution in [1.82, 2.24) is 39.0 Å². The summed E-state index contributed by atoms with van der Waals surface area (Å²) in [5.74, 6) is 0.937. The van der Waals surface area contributed by atoms with E-state index in [0.717, 1.165) is 10.5 Å². The lowest BCUT2D eigenvalue weighted by Crippen LogP contribution is -2.46. The molecule has 0 radical (unpaired) electrons. The lowest BCUT2D eigenvalue weighted by Gasteiger charge is -2.30. The molecule has 2 aliphatic heterocycles. The second-order valence-electron chi connectivity index (χ2n) is 17.6. The summed E-state index contributed by atoms with van der Waals surface area (Å²) in [5, 5.41) is 12.7. The molecule has 0 saturated carbocycles. The molecule has 366 valence electrons. The summed E-state index contributed by atoms with van der Waals surface area (Å²) in [6.45, 7) is 4.90. The SMILES string of the molecule is COc1ccc(CN(Cc2ccc(OC)cc2)S(=O)(=O)c2c([S+]([O-])N[C@@H]3C[C@@H](CN4C(=O)c5ccccc5C4=O)N(C(=O)OC(C)(C)C)C3)ccc(I)c2-c2nnnn2Cc2ccc(OC)cc2)cc1. The number of nitrogens with zero attached hydrogens (tertiary/aromatic N) is 7. The third kappa shape index (κ3) is 10.9. The fraction of sp³-hybridized carbons (Fsp3) is 0.306. The van der Waals surface area contributed by atoms with Crippen LogP contribution in [0.25, 0.3) is 11.4 Å². The van der Waals surface area contributed by atoms with Crippen LogP contribution < -0.4 is 18.9 Å². The number of aromatic nitrogens is 4. The molecule has 1 N–H and O–H groups in total. The topological polar surface area (TPSA) is 211 Å². The maximum atomic E-state index is 15.9. The van der Waals surface area contributed by atoms with E-state index in [9.17, 15) is 14.4 Å². The number of carbonyl (C=O) groups excluding carboxylic acids is 3. The summed E-state index contributed by atoms with van der Waals surface area (Å²) >= 11 is -0.264. The zero-order chi connectivity index (χ0) is 49.9. The van der Waals surface area contributed by atoms with Crippen molar-refractivity contribution < 1.29 is 46.3 Å². The molecule has 8 rings (SSSR count). The number of rotatable bonds is 17. The second kappa shape index (κ2) is 21.1. The second-order valence-corrected chi connectivity index (χ2v) is 21.8. The lowest BCUT2D eigenvalue weighted by molar-refractivity contribution is 0.0189. The van der Waals surface area contributed by atoms with Crippen LogP contribution in [0.2, 0.25) is 0 Å². The van der Waals surface area contributed by atoms with E-state index in [0.29, 0.717) is 31.9 Å². The molecule has 3 amide bonds. The number of halogens is 1. The lowest BCUT2D eigenvalue weighted by atomic mass is 10.1. The highest BCUT2D eigenvalue weighted by Gasteiger charge is 2.45. The van der Waals surface area contributed by atoms with Crippen LogP contribution in [0, 0.1) is 3.57 Å². The molecule has 18 nitrogen and oxygen atoms in total. The van der Waals surface area contributed by atoms with Gasteiger partial charge in [0.25, 0.3) is 11.8 Å². The van der Waals surface area contributed by atoms with Crippen LogP contribution in [0.4, 0.5) is 4.79 Å². The van der Waals surface area contributed by atoms with Gasteiger partial charge < -0.3 is 28.4 Å². The number of nitrogens with one attached hydrogen (secondary N) is 1. The van der Waals surface area contributed by atoms with Gasteiger partial charge in [-0.3, -0.25) is 14.5 Å². The molecule has 6 aromatic rings. The number of fused-ring (bicyclic) bond motifs is 1. The number of imide groups is 1. The monoisotopic (exact) mass is 1100 g/mol. The smallest absolute Gasteiger partial charge is 0.410 e. The standard InChI is InChI=1S/C49H51IN8O10S2/c1-49(2,3)68-48(61)56-29-34(25-35(56)30-57-46(59)39-9-7-8-10-40(39)47(57)60)52-69(62)42-24-23-41(50)43(45-51-53-54-58(45)28-33-15-21-38(67-6)22-16-33)44(42)70(63,64)55(26-31-11-17-36(65-4)18-12-31)27-32-13-19-37(66-5)20-14-32/h7-24,34-35,52H,25-30H2,1-6H3/t34-,35+,69?/m1/s1. The number of ether oxygens (including phenoxy) is 4. The number of likely N-dealkylation sites (tertiary alicyclic amines) is 1. The number of carbonyl (C=O) groups is 3. The summed E-state index contributed by atoms with van der Waals surface area (Å²) in [4.78, 5) is 43.1. The molecule has 1 unspecified atom stereocenters. The maximum absolute atomic E-state index is 15.9. The van der Waals surface area contributed by atoms with E-state index in [4.69, 9.17) is 18.9 Å². The van der Waals surface area contributed by atoms with Gasteiger partial charge in [-0.15, -0.1) is 9.82 Å². The van der Waals surface area contributed by atoms with E-state index in [1.165, 1.54) is 20.0 Å². The molecule has 1 saturated heterocycles. The van der Waals surface area contributed by atoms with E-state index in [1.54, 1.807) is 133 Å². The van der Waals surface area contributed by atoms with Gasteiger partial charge in [-0.2, -0.15) is 4.31 Å². The minimum atomic E-state index is -4.68. The van der Waals surface area contributed by atoms with Crippen molar-refractivity contribution >= 4 is 61.9 Å². The van der Waals surface area contributed by atoms with Gasteiger partial charge in [-0.05, 0) is 138 Å². The predicted octanol–water partition coefficient (Wildman–Crippen LogP) is 6.70. The summed E-state index contributed by atoms with van der Waals surface area (Å²) in [6.07, 6.45) is -0.570. The Balaban J connectivity index is 1.20. The highest BCUT2D eigenvalue weighted by molar-refractivity contribution is 14.1. The van der Waals surface area contributed by atoms with E-state index in [2.05, 4.69) is 20.2 Å². The van der Waals surface area contributed by atoms with Crippen molar-refractivity contribution in [3.63, 3.8) is 0 Å². The first-order valence-corrected chi connectivity index (χ1v) is 25.8. The van der Waals surface area contributed by atoms with Crippen LogP contribution in [-0.2, 0) is 45.8 Å². The number of benzene rings is 5. The Morgan fingerprint density at radius 1 is 0.814 bits per heavy atom. The first-order chi connectivity index (χ1) is 33.5. The number of sulfonamides is 1. The van der Waals surface area contributed by atoms with Gasteiger partial charge in [0.1, 0.15) is 22.8 Å². The summed E-state index contributed by atoms with van der Waals surface area (Å²) < 4.78 is 75.3. The van der Waals surface area contributed by atoms with E-state index < -0.39 is 57.0 Å². The molecule has 0 aliphatic carbocycles. The van der Waals surface area contributed by atoms with Gasteiger partial charge in [-0.25, -0.2) is 17.9 Å². The highest BCUT2D eigenvalue weighted by Crippen LogP contribution is 2.39. The van der Waals surface area contributed by atoms with Crippen molar-refractivity contribution in [3.8, 4) is 28.6 Å². The van der Waals surface area contributed by atoms with Crippen molar-refractivity contribution in [2.75, 3.05) is 34.4 Å². The number of hydrogen-bond donors (Lipinski definition) is 1. The van der Waals surface area contributed by atoms with Gasteiger partial charge in [0, 0.05) is 29.7 Å². The Kier molecular flexibility index (Phi) is 15.1. The molecule has 0 spiro atoms. The zero-order valence-corrected chi connectivity index (χ0v) is 43.0. The number of hydrogen-bond acceptors (Lipinski definition) is 14.